The van der Waals surface area contributed by atoms with E-state index < -0.39 is 35.8 Å². The van der Waals surface area contributed by atoms with Gasteiger partial charge in [-0.15, -0.1) is 5.11 Å². The van der Waals surface area contributed by atoms with Crippen molar-refractivity contribution in [2.45, 2.75) is 9.79 Å². The van der Waals surface area contributed by atoms with Crippen LogP contribution in [-0.4, -0.2) is 63.7 Å². The van der Waals surface area contributed by atoms with Gasteiger partial charge in [0.2, 0.25) is 0 Å². The molecule has 0 bridgehead atoms. The predicted octanol–water partition coefficient (Wildman–Crippen LogP) is 3.25. The monoisotopic (exact) mass is 496 g/mol. The maximum Gasteiger partial charge on any atom is 2.00 e. The molecule has 0 saturated heterocycles. The Labute approximate surface area is 212 Å². The molecule has 4 aromatic carbocycles. The maximum absolute atomic E-state index is 12.3. The van der Waals surface area contributed by atoms with E-state index in [1.807, 2.05) is 0 Å². The first-order valence-corrected chi connectivity index (χ1v) is 11.5. The molecule has 0 amide bonds. The summed E-state index contributed by atoms with van der Waals surface area (Å²) in [6, 6.07) is 15.3. The van der Waals surface area contributed by atoms with Crippen molar-refractivity contribution in [2.24, 2.45) is 10.2 Å². The third kappa shape index (κ3) is 4.79. The van der Waals surface area contributed by atoms with E-state index >= 15 is 0 Å². The number of benzene rings is 4. The van der Waals surface area contributed by atoms with E-state index in [1.165, 1.54) is 24.3 Å². The predicted molar refractivity (Wildman–Crippen MR) is 115 cm³/mol. The van der Waals surface area contributed by atoms with E-state index in [4.69, 9.17) is 0 Å². The zero-order valence-corrected chi connectivity index (χ0v) is 20.0. The summed E-state index contributed by atoms with van der Waals surface area (Å²) in [6.07, 6.45) is 0. The van der Waals surface area contributed by atoms with Crippen LogP contribution in [0, 0.1) is 0 Å². The summed E-state index contributed by atoms with van der Waals surface area (Å²) >= 11 is 0. The minimum absolute atomic E-state index is 0. The van der Waals surface area contributed by atoms with Crippen LogP contribution < -0.4 is 5.11 Å². The van der Waals surface area contributed by atoms with Crippen LogP contribution in [0.5, 0.6) is 5.75 Å². The molecule has 0 heterocycles. The van der Waals surface area contributed by atoms with Gasteiger partial charge in [-0.05, 0) is 29.0 Å². The van der Waals surface area contributed by atoms with Crippen LogP contribution in [-0.2, 0) is 20.2 Å². The molecule has 4 aromatic rings. The second kappa shape index (κ2) is 9.02. The number of azo groups is 1. The fraction of sp³-hybridized carbons (Fsp3) is 0. The molecule has 0 aliphatic heterocycles. The van der Waals surface area contributed by atoms with Crippen molar-refractivity contribution in [1.29, 1.82) is 0 Å². The van der Waals surface area contributed by atoms with E-state index in [2.05, 4.69) is 10.2 Å². The molecule has 0 saturated carbocycles. The molecule has 0 fully saturated rings. The fourth-order valence-corrected chi connectivity index (χ4v) is 4.56. The number of nitrogens with zero attached hydrogens (tertiary/aromatic N) is 2. The van der Waals surface area contributed by atoms with Gasteiger partial charge in [-0.2, -0.15) is 13.5 Å². The Bertz CT molecular complexity index is 1600. The normalized spacial score (nSPS) is 12.3. The van der Waals surface area contributed by atoms with Gasteiger partial charge < -0.3 is 9.66 Å². The second-order valence-corrected chi connectivity index (χ2v) is 9.30. The van der Waals surface area contributed by atoms with Crippen molar-refractivity contribution in [1.82, 2.24) is 0 Å². The molecule has 0 unspecified atom stereocenters. The first kappa shape index (κ1) is 24.5. The smallest absolute Gasteiger partial charge is 0.871 e. The minimum atomic E-state index is -4.69. The van der Waals surface area contributed by atoms with Gasteiger partial charge in [0, 0.05) is 10.8 Å². The van der Waals surface area contributed by atoms with Crippen LogP contribution in [0.25, 0.3) is 21.5 Å². The van der Waals surface area contributed by atoms with E-state index in [0.717, 1.165) is 18.2 Å². The number of hydrogen-bond acceptors (Lipinski definition) is 8. The second-order valence-electron chi connectivity index (χ2n) is 6.56. The summed E-state index contributed by atoms with van der Waals surface area (Å²) in [6.45, 7) is 0. The average molecular weight is 497 g/mol. The Morgan fingerprint density at radius 2 is 1.47 bits per heavy atom. The Hall–Kier alpha value is -2.12. The minimum Gasteiger partial charge on any atom is -0.871 e. The topological polar surface area (TPSA) is 159 Å². The average Bonchev–Trinajstić information content (AvgIpc) is 2.70. The molecule has 0 spiro atoms. The van der Waals surface area contributed by atoms with Crippen molar-refractivity contribution >= 4 is 90.9 Å². The fourth-order valence-electron chi connectivity index (χ4n) is 3.22. The molecule has 0 radical (unpaired) electrons. The van der Waals surface area contributed by atoms with Crippen LogP contribution in [0.15, 0.2) is 86.7 Å². The molecule has 4 rings (SSSR count). The molecule has 9 nitrogen and oxygen atoms in total. The zero-order chi connectivity index (χ0) is 22.4. The number of hydrogen-bond donors (Lipinski definition) is 1. The molecular weight excluding hydrogens is 484 g/mol. The van der Waals surface area contributed by atoms with Crippen molar-refractivity contribution in [2.75, 3.05) is 0 Å². The van der Waals surface area contributed by atoms with Crippen LogP contribution in [0.1, 0.15) is 0 Å². The summed E-state index contributed by atoms with van der Waals surface area (Å²) in [5.74, 6) is -0.553. The van der Waals surface area contributed by atoms with E-state index in [0.29, 0.717) is 5.39 Å². The van der Waals surface area contributed by atoms with Gasteiger partial charge in [0.1, 0.15) is 20.7 Å². The SMILES string of the molecule is O=S(=O)([O-])c1ccc2c(N=Nc3ccc4ccccc4c3S(=O)(=O)O)c([O-])ccc2c1.[Ca+2]. The summed E-state index contributed by atoms with van der Waals surface area (Å²) in [7, 11) is -9.36. The van der Waals surface area contributed by atoms with Crippen molar-refractivity contribution in [3.63, 3.8) is 0 Å². The number of fused-ring (bicyclic) bond motifs is 2. The quantitative estimate of drug-likeness (QED) is 0.258. The molecule has 1 N–H and O–H groups in total. The van der Waals surface area contributed by atoms with Crippen LogP contribution >= 0.6 is 0 Å². The Morgan fingerprint density at radius 3 is 2.16 bits per heavy atom. The van der Waals surface area contributed by atoms with Crippen molar-refractivity contribution in [3.8, 4) is 5.75 Å². The maximum atomic E-state index is 12.3. The Morgan fingerprint density at radius 1 is 0.781 bits per heavy atom. The third-order valence-electron chi connectivity index (χ3n) is 4.59. The van der Waals surface area contributed by atoms with Gasteiger partial charge in [-0.25, -0.2) is 8.42 Å². The van der Waals surface area contributed by atoms with Crippen molar-refractivity contribution < 1.29 is 31.0 Å². The molecular formula is C20H12CaN2O7S2. The van der Waals surface area contributed by atoms with Gasteiger partial charge in [-0.1, -0.05) is 54.3 Å². The summed E-state index contributed by atoms with van der Waals surface area (Å²) < 4.78 is 67.4. The van der Waals surface area contributed by atoms with Gasteiger partial charge in [0.15, 0.2) is 0 Å². The van der Waals surface area contributed by atoms with E-state index in [1.54, 1.807) is 24.3 Å². The van der Waals surface area contributed by atoms with Gasteiger partial charge in [-0.3, -0.25) is 4.55 Å². The largest absolute Gasteiger partial charge is 2.00 e. The molecule has 0 atom stereocenters. The Balaban J connectivity index is 0.00000289. The summed E-state index contributed by atoms with van der Waals surface area (Å²) in [5.41, 5.74) is -0.363. The number of rotatable bonds is 4. The van der Waals surface area contributed by atoms with Gasteiger partial charge >= 0.3 is 37.7 Å². The van der Waals surface area contributed by atoms with Gasteiger partial charge in [0.05, 0.1) is 10.6 Å². The molecule has 32 heavy (non-hydrogen) atoms. The Kier molecular flexibility index (Phi) is 6.91. The van der Waals surface area contributed by atoms with Crippen LogP contribution in [0.4, 0.5) is 11.4 Å². The van der Waals surface area contributed by atoms with Crippen molar-refractivity contribution in [3.05, 3.63) is 66.7 Å². The van der Waals surface area contributed by atoms with E-state index in [9.17, 15) is 31.0 Å². The molecule has 0 aliphatic carbocycles. The first-order chi connectivity index (χ1) is 14.6. The van der Waals surface area contributed by atoms with Crippen LogP contribution in [0.3, 0.4) is 0 Å². The third-order valence-corrected chi connectivity index (χ3v) is 6.37. The summed E-state index contributed by atoms with van der Waals surface area (Å²) in [4.78, 5) is -0.925. The zero-order valence-electron chi connectivity index (χ0n) is 16.2. The first-order valence-electron chi connectivity index (χ1n) is 8.66. The summed E-state index contributed by atoms with van der Waals surface area (Å²) in [5, 5.41) is 21.4. The van der Waals surface area contributed by atoms with Gasteiger partial charge in [0.25, 0.3) is 10.1 Å². The molecule has 0 aliphatic rings. The molecule has 158 valence electrons. The van der Waals surface area contributed by atoms with Crippen LogP contribution in [0.2, 0.25) is 0 Å². The molecule has 0 aromatic heterocycles. The van der Waals surface area contributed by atoms with E-state index in [-0.39, 0.29) is 65.3 Å². The standard InChI is InChI=1S/C20H14N2O7S2.Ca/c23-18-10-6-13-11-14(30(24,25)26)7-8-15(13)19(18)22-21-17-9-5-12-3-1-2-4-16(12)20(17)31(27,28)29;/h1-11,23H,(H,24,25,26)(H,27,28,29);/q;+2/p-2. The molecule has 12 heteroatoms.